The van der Waals surface area contributed by atoms with Crippen LogP contribution in [0.3, 0.4) is 0 Å². The number of benzene rings is 2. The van der Waals surface area contributed by atoms with Crippen LogP contribution in [0.5, 0.6) is 11.5 Å². The zero-order chi connectivity index (χ0) is 17.6. The molecule has 0 saturated heterocycles. The molecule has 0 unspecified atom stereocenters. The van der Waals surface area contributed by atoms with E-state index in [1.165, 1.54) is 4.90 Å². The maximum atomic E-state index is 12.3. The maximum Gasteiger partial charge on any atom is 0.327 e. The van der Waals surface area contributed by atoms with E-state index in [1.54, 1.807) is 54.9 Å². The van der Waals surface area contributed by atoms with Gasteiger partial charge in [0.15, 0.2) is 0 Å². The summed E-state index contributed by atoms with van der Waals surface area (Å²) in [7, 11) is 0. The normalized spacial score (nSPS) is 12.9. The Bertz CT molecular complexity index is 836. The molecule has 0 fully saturated rings. The second-order valence-electron chi connectivity index (χ2n) is 5.31. The second-order valence-corrected chi connectivity index (χ2v) is 5.75. The van der Waals surface area contributed by atoms with Crippen LogP contribution in [0.1, 0.15) is 5.56 Å². The number of nitrogens with zero attached hydrogens (tertiary/aromatic N) is 2. The molecular weight excluding hydrogens is 342 g/mol. The van der Waals surface area contributed by atoms with Crippen LogP contribution in [0.2, 0.25) is 5.02 Å². The van der Waals surface area contributed by atoms with Gasteiger partial charge in [-0.2, -0.15) is 0 Å². The Morgan fingerprint density at radius 1 is 1.32 bits per heavy atom. The van der Waals surface area contributed by atoms with Gasteiger partial charge in [0.1, 0.15) is 24.8 Å². The van der Waals surface area contributed by atoms with Gasteiger partial charge in [0.2, 0.25) is 0 Å². The quantitative estimate of drug-likeness (QED) is 0.868. The number of aromatic hydroxyl groups is 1. The lowest BCUT2D eigenvalue weighted by Gasteiger charge is -2.20. The fraction of sp³-hybridized carbons (Fsp3) is 0.111. The van der Waals surface area contributed by atoms with E-state index in [-0.39, 0.29) is 25.1 Å². The first-order valence-electron chi connectivity index (χ1n) is 7.56. The van der Waals surface area contributed by atoms with Crippen LogP contribution < -0.4 is 10.1 Å². The average Bonchev–Trinajstić information content (AvgIpc) is 2.62. The first-order valence-corrected chi connectivity index (χ1v) is 7.94. The number of rotatable bonds is 4. The highest BCUT2D eigenvalue weighted by Gasteiger charge is 2.14. The summed E-state index contributed by atoms with van der Waals surface area (Å²) in [5.74, 6) is 0.647. The summed E-state index contributed by atoms with van der Waals surface area (Å²) < 4.78 is 5.77. The lowest BCUT2D eigenvalue weighted by atomic mass is 10.2. The molecule has 1 heterocycles. The monoisotopic (exact) mass is 357 g/mol. The number of phenols is 1. The number of ether oxygens (including phenoxy) is 1. The summed E-state index contributed by atoms with van der Waals surface area (Å²) in [6.45, 7) is 0.495. The Morgan fingerprint density at radius 3 is 2.96 bits per heavy atom. The number of anilines is 1. The molecule has 0 aliphatic carbocycles. The molecule has 128 valence electrons. The lowest BCUT2D eigenvalue weighted by Crippen LogP contribution is -2.31. The predicted octanol–water partition coefficient (Wildman–Crippen LogP) is 4.01. The Hall–Kier alpha value is -2.99. The van der Waals surface area contributed by atoms with E-state index in [2.05, 4.69) is 10.3 Å². The molecule has 7 heteroatoms. The molecule has 0 saturated carbocycles. The molecule has 1 aliphatic rings. The number of amides is 2. The van der Waals surface area contributed by atoms with Gasteiger partial charge in [0, 0.05) is 17.4 Å². The van der Waals surface area contributed by atoms with Crippen LogP contribution >= 0.6 is 11.6 Å². The largest absolute Gasteiger partial charge is 0.508 e. The third-order valence-electron chi connectivity index (χ3n) is 3.44. The van der Waals surface area contributed by atoms with Crippen molar-refractivity contribution in [2.24, 2.45) is 4.99 Å². The minimum absolute atomic E-state index is 0.170. The molecule has 25 heavy (non-hydrogen) atoms. The van der Waals surface area contributed by atoms with Crippen molar-refractivity contribution in [1.29, 1.82) is 0 Å². The van der Waals surface area contributed by atoms with E-state index < -0.39 is 0 Å². The van der Waals surface area contributed by atoms with Crippen molar-refractivity contribution < 1.29 is 14.6 Å². The van der Waals surface area contributed by atoms with Crippen molar-refractivity contribution in [3.8, 4) is 11.5 Å². The summed E-state index contributed by atoms with van der Waals surface area (Å²) in [6.07, 6.45) is 4.95. The highest BCUT2D eigenvalue weighted by Crippen LogP contribution is 2.29. The number of carbonyl (C=O) groups is 1. The topological polar surface area (TPSA) is 74.2 Å². The summed E-state index contributed by atoms with van der Waals surface area (Å²) in [6, 6.07) is 11.4. The van der Waals surface area contributed by atoms with E-state index in [0.717, 1.165) is 5.56 Å². The Kier molecular flexibility index (Phi) is 5.20. The van der Waals surface area contributed by atoms with E-state index in [4.69, 9.17) is 16.3 Å². The van der Waals surface area contributed by atoms with Crippen LogP contribution in [0.25, 0.3) is 0 Å². The van der Waals surface area contributed by atoms with Crippen molar-refractivity contribution in [3.05, 3.63) is 65.3 Å². The van der Waals surface area contributed by atoms with Crippen LogP contribution in [0.15, 0.2) is 59.7 Å². The SMILES string of the molecule is O=C(Nc1cc(Cl)ccc1OCc1cccc(O)c1)N1C=CC=NC1. The van der Waals surface area contributed by atoms with Crippen LogP contribution in [0, 0.1) is 0 Å². The van der Waals surface area contributed by atoms with Crippen molar-refractivity contribution in [1.82, 2.24) is 4.90 Å². The number of carbonyl (C=O) groups excluding carboxylic acids is 1. The lowest BCUT2D eigenvalue weighted by molar-refractivity contribution is 0.229. The van der Waals surface area contributed by atoms with E-state index in [9.17, 15) is 9.90 Å². The Balaban J connectivity index is 1.72. The zero-order valence-corrected chi connectivity index (χ0v) is 14.0. The first kappa shape index (κ1) is 16.9. The third kappa shape index (κ3) is 4.51. The van der Waals surface area contributed by atoms with E-state index >= 15 is 0 Å². The third-order valence-corrected chi connectivity index (χ3v) is 3.68. The Morgan fingerprint density at radius 2 is 2.20 bits per heavy atom. The molecule has 3 rings (SSSR count). The van der Waals surface area contributed by atoms with Gasteiger partial charge in [0.05, 0.1) is 5.69 Å². The maximum absolute atomic E-state index is 12.3. The van der Waals surface area contributed by atoms with Crippen molar-refractivity contribution in [3.63, 3.8) is 0 Å². The molecule has 0 radical (unpaired) electrons. The van der Waals surface area contributed by atoms with Crippen molar-refractivity contribution >= 4 is 29.5 Å². The van der Waals surface area contributed by atoms with Gasteiger partial charge in [-0.1, -0.05) is 23.7 Å². The molecule has 2 aromatic rings. The van der Waals surface area contributed by atoms with Crippen molar-refractivity contribution in [2.45, 2.75) is 6.61 Å². The summed E-state index contributed by atoms with van der Waals surface area (Å²) in [5.41, 5.74) is 1.26. The minimum Gasteiger partial charge on any atom is -0.508 e. The Labute approximate surface area is 150 Å². The molecule has 6 nitrogen and oxygen atoms in total. The molecule has 0 aromatic heterocycles. The van der Waals surface area contributed by atoms with Crippen molar-refractivity contribution in [2.75, 3.05) is 12.0 Å². The zero-order valence-electron chi connectivity index (χ0n) is 13.2. The molecule has 0 spiro atoms. The van der Waals surface area contributed by atoms with Gasteiger partial charge in [-0.15, -0.1) is 0 Å². The predicted molar refractivity (Wildman–Crippen MR) is 97.2 cm³/mol. The first-order chi connectivity index (χ1) is 12.1. The number of hydrogen-bond acceptors (Lipinski definition) is 4. The average molecular weight is 358 g/mol. The fourth-order valence-corrected chi connectivity index (χ4v) is 2.41. The summed E-state index contributed by atoms with van der Waals surface area (Å²) in [5, 5.41) is 12.8. The fourth-order valence-electron chi connectivity index (χ4n) is 2.24. The molecule has 0 atom stereocenters. The van der Waals surface area contributed by atoms with Crippen LogP contribution in [-0.4, -0.2) is 28.9 Å². The number of allylic oxidation sites excluding steroid dienone is 1. The standard InChI is InChI=1S/C18H16ClN3O3/c19-14-5-6-17(25-11-13-3-1-4-15(23)9-13)16(10-14)21-18(24)22-8-2-7-20-12-22/h1-10,23H,11-12H2,(H,21,24). The van der Waals surface area contributed by atoms with Gasteiger partial charge in [-0.05, 0) is 42.0 Å². The smallest absolute Gasteiger partial charge is 0.327 e. The van der Waals surface area contributed by atoms with Gasteiger partial charge >= 0.3 is 6.03 Å². The van der Waals surface area contributed by atoms with Gasteiger partial charge in [-0.25, -0.2) is 4.79 Å². The summed E-state index contributed by atoms with van der Waals surface area (Å²) >= 11 is 6.03. The highest BCUT2D eigenvalue weighted by molar-refractivity contribution is 6.31. The van der Waals surface area contributed by atoms with E-state index in [0.29, 0.717) is 16.5 Å². The number of phenolic OH excluding ortho intramolecular Hbond substituents is 1. The van der Waals surface area contributed by atoms with Gasteiger partial charge in [-0.3, -0.25) is 9.89 Å². The minimum atomic E-state index is -0.336. The van der Waals surface area contributed by atoms with Gasteiger partial charge < -0.3 is 15.2 Å². The molecule has 0 bridgehead atoms. The van der Waals surface area contributed by atoms with Crippen LogP contribution in [0.4, 0.5) is 10.5 Å². The number of nitrogens with one attached hydrogen (secondary N) is 1. The molecule has 2 amide bonds. The molecule has 2 aromatic carbocycles. The molecular formula is C18H16ClN3O3. The number of hydrogen-bond donors (Lipinski definition) is 2. The van der Waals surface area contributed by atoms with Crippen LogP contribution in [-0.2, 0) is 6.61 Å². The summed E-state index contributed by atoms with van der Waals surface area (Å²) in [4.78, 5) is 17.8. The second kappa shape index (κ2) is 7.72. The highest BCUT2D eigenvalue weighted by atomic mass is 35.5. The number of urea groups is 1. The molecule has 2 N–H and O–H groups in total. The van der Waals surface area contributed by atoms with Gasteiger partial charge in [0.25, 0.3) is 0 Å². The molecule has 1 aliphatic heterocycles. The number of halogens is 1. The number of aliphatic imine (C=N–C) groups is 1. The van der Waals surface area contributed by atoms with E-state index in [1.807, 2.05) is 6.07 Å².